The Morgan fingerprint density at radius 3 is 2.48 bits per heavy atom. The summed E-state index contributed by atoms with van der Waals surface area (Å²) in [6.45, 7) is 2.08. The number of rotatable bonds is 3. The number of anilines is 2. The molecule has 0 saturated heterocycles. The smallest absolute Gasteiger partial charge is 0.151 e. The van der Waals surface area contributed by atoms with Crippen molar-refractivity contribution in [3.8, 4) is 10.4 Å². The normalized spacial score (nSPS) is 10.8. The van der Waals surface area contributed by atoms with Crippen LogP contribution in [0, 0.1) is 6.92 Å². The molecule has 4 aromatic rings. The highest BCUT2D eigenvalue weighted by Gasteiger charge is 2.10. The van der Waals surface area contributed by atoms with Gasteiger partial charge in [-0.2, -0.15) is 0 Å². The molecule has 4 heteroatoms. The zero-order valence-corrected chi connectivity index (χ0v) is 13.5. The van der Waals surface area contributed by atoms with E-state index in [1.807, 2.05) is 6.07 Å². The summed E-state index contributed by atoms with van der Waals surface area (Å²) >= 11 is 1.71. The zero-order valence-electron chi connectivity index (χ0n) is 12.7. The van der Waals surface area contributed by atoms with Crippen molar-refractivity contribution in [1.82, 2.24) is 9.97 Å². The van der Waals surface area contributed by atoms with Gasteiger partial charge in [-0.1, -0.05) is 48.0 Å². The van der Waals surface area contributed by atoms with E-state index in [0.717, 1.165) is 21.7 Å². The lowest BCUT2D eigenvalue weighted by Crippen LogP contribution is -1.94. The Balaban J connectivity index is 1.75. The van der Waals surface area contributed by atoms with E-state index in [9.17, 15) is 0 Å². The second-order valence-electron chi connectivity index (χ2n) is 5.40. The van der Waals surface area contributed by atoms with Crippen molar-refractivity contribution in [1.29, 1.82) is 0 Å². The van der Waals surface area contributed by atoms with Crippen molar-refractivity contribution in [2.75, 3.05) is 5.32 Å². The van der Waals surface area contributed by atoms with E-state index in [0.29, 0.717) is 0 Å². The van der Waals surface area contributed by atoms with Gasteiger partial charge in [-0.05, 0) is 30.7 Å². The molecule has 2 aromatic heterocycles. The van der Waals surface area contributed by atoms with Crippen LogP contribution in [0.25, 0.3) is 20.7 Å². The highest BCUT2D eigenvalue weighted by Crippen LogP contribution is 2.36. The molecule has 0 aliphatic rings. The third kappa shape index (κ3) is 2.81. The molecule has 112 valence electrons. The molecular weight excluding hydrogens is 302 g/mol. The number of fused-ring (bicyclic) bond motifs is 1. The second kappa shape index (κ2) is 5.82. The van der Waals surface area contributed by atoms with Crippen LogP contribution < -0.4 is 5.32 Å². The number of aryl methyl sites for hydroxylation is 1. The summed E-state index contributed by atoms with van der Waals surface area (Å²) in [6.07, 6.45) is 1.61. The number of thiophene rings is 1. The molecule has 0 spiro atoms. The van der Waals surface area contributed by atoms with Crippen molar-refractivity contribution >= 4 is 33.1 Å². The average Bonchev–Trinajstić information content (AvgIpc) is 3.03. The number of aromatic nitrogens is 2. The fourth-order valence-electron chi connectivity index (χ4n) is 2.46. The van der Waals surface area contributed by atoms with Crippen LogP contribution in [-0.4, -0.2) is 9.97 Å². The van der Waals surface area contributed by atoms with Crippen molar-refractivity contribution in [3.05, 3.63) is 72.6 Å². The Morgan fingerprint density at radius 2 is 1.70 bits per heavy atom. The molecular formula is C19H15N3S. The summed E-state index contributed by atoms with van der Waals surface area (Å²) in [5.74, 6) is 0.853. The largest absolute Gasteiger partial charge is 0.339 e. The highest BCUT2D eigenvalue weighted by atomic mass is 32.1. The fraction of sp³-hybridized carbons (Fsp3) is 0.0526. The van der Waals surface area contributed by atoms with E-state index in [2.05, 4.69) is 76.8 Å². The van der Waals surface area contributed by atoms with Crippen LogP contribution in [0.4, 0.5) is 11.5 Å². The molecule has 0 unspecified atom stereocenters. The van der Waals surface area contributed by atoms with Crippen LogP contribution in [0.2, 0.25) is 0 Å². The number of hydrogen-bond donors (Lipinski definition) is 1. The quantitative estimate of drug-likeness (QED) is 0.549. The van der Waals surface area contributed by atoms with E-state index in [1.165, 1.54) is 16.0 Å². The molecule has 1 N–H and O–H groups in total. The Morgan fingerprint density at radius 1 is 0.913 bits per heavy atom. The third-order valence-corrected chi connectivity index (χ3v) is 4.86. The Bertz CT molecular complexity index is 943. The van der Waals surface area contributed by atoms with Crippen LogP contribution in [-0.2, 0) is 0 Å². The maximum atomic E-state index is 4.42. The number of benzene rings is 2. The summed E-state index contributed by atoms with van der Waals surface area (Å²) in [7, 11) is 0. The SMILES string of the molecule is Cc1ccc(Nc2ncnc3cc(-c4ccccc4)sc23)cc1. The number of hydrogen-bond acceptors (Lipinski definition) is 4. The number of nitrogens with zero attached hydrogens (tertiary/aromatic N) is 2. The maximum absolute atomic E-state index is 4.42. The highest BCUT2D eigenvalue weighted by molar-refractivity contribution is 7.22. The van der Waals surface area contributed by atoms with Gasteiger partial charge in [0.2, 0.25) is 0 Å². The van der Waals surface area contributed by atoms with Gasteiger partial charge in [-0.15, -0.1) is 11.3 Å². The molecule has 0 aliphatic carbocycles. The van der Waals surface area contributed by atoms with Gasteiger partial charge < -0.3 is 5.32 Å². The third-order valence-electron chi connectivity index (χ3n) is 3.68. The average molecular weight is 317 g/mol. The summed E-state index contributed by atoms with van der Waals surface area (Å²) in [5, 5.41) is 3.40. The predicted molar refractivity (Wildman–Crippen MR) is 97.3 cm³/mol. The van der Waals surface area contributed by atoms with E-state index in [1.54, 1.807) is 17.7 Å². The topological polar surface area (TPSA) is 37.8 Å². The monoisotopic (exact) mass is 317 g/mol. The summed E-state index contributed by atoms with van der Waals surface area (Å²) in [5.41, 5.74) is 4.45. The molecule has 2 aromatic carbocycles. The molecule has 0 aliphatic heterocycles. The van der Waals surface area contributed by atoms with Crippen LogP contribution >= 0.6 is 11.3 Å². The van der Waals surface area contributed by atoms with Gasteiger partial charge in [0.1, 0.15) is 6.33 Å². The molecule has 2 heterocycles. The second-order valence-corrected chi connectivity index (χ2v) is 6.46. The van der Waals surface area contributed by atoms with E-state index in [4.69, 9.17) is 0 Å². The molecule has 3 nitrogen and oxygen atoms in total. The Hall–Kier alpha value is -2.72. The van der Waals surface area contributed by atoms with Crippen LogP contribution in [0.15, 0.2) is 67.0 Å². The molecule has 4 rings (SSSR count). The van der Waals surface area contributed by atoms with Crippen molar-refractivity contribution in [2.24, 2.45) is 0 Å². The first-order valence-electron chi connectivity index (χ1n) is 7.43. The molecule has 0 fully saturated rings. The number of nitrogens with one attached hydrogen (secondary N) is 1. The first-order chi connectivity index (χ1) is 11.3. The van der Waals surface area contributed by atoms with Gasteiger partial charge in [0.05, 0.1) is 10.2 Å². The minimum absolute atomic E-state index is 0.853. The predicted octanol–water partition coefficient (Wildman–Crippen LogP) is 5.41. The van der Waals surface area contributed by atoms with Crippen molar-refractivity contribution in [3.63, 3.8) is 0 Å². The van der Waals surface area contributed by atoms with Gasteiger partial charge in [-0.3, -0.25) is 0 Å². The Labute approximate surface area is 138 Å². The van der Waals surface area contributed by atoms with E-state index in [-0.39, 0.29) is 0 Å². The van der Waals surface area contributed by atoms with Gasteiger partial charge in [-0.25, -0.2) is 9.97 Å². The lowest BCUT2D eigenvalue weighted by molar-refractivity contribution is 1.23. The minimum Gasteiger partial charge on any atom is -0.339 e. The minimum atomic E-state index is 0.853. The van der Waals surface area contributed by atoms with Crippen molar-refractivity contribution < 1.29 is 0 Å². The van der Waals surface area contributed by atoms with Crippen LogP contribution in [0.1, 0.15) is 5.56 Å². The maximum Gasteiger partial charge on any atom is 0.151 e. The van der Waals surface area contributed by atoms with Crippen molar-refractivity contribution in [2.45, 2.75) is 6.92 Å². The van der Waals surface area contributed by atoms with Gasteiger partial charge in [0.25, 0.3) is 0 Å². The van der Waals surface area contributed by atoms with E-state index >= 15 is 0 Å². The van der Waals surface area contributed by atoms with Gasteiger partial charge >= 0.3 is 0 Å². The first-order valence-corrected chi connectivity index (χ1v) is 8.25. The first kappa shape index (κ1) is 13.9. The lowest BCUT2D eigenvalue weighted by Gasteiger charge is -2.06. The van der Waals surface area contributed by atoms with Gasteiger partial charge in [0.15, 0.2) is 5.82 Å². The lowest BCUT2D eigenvalue weighted by atomic mass is 10.2. The summed E-state index contributed by atoms with van der Waals surface area (Å²) in [6, 6.07) is 20.8. The molecule has 0 bridgehead atoms. The van der Waals surface area contributed by atoms with Crippen LogP contribution in [0.3, 0.4) is 0 Å². The summed E-state index contributed by atoms with van der Waals surface area (Å²) < 4.78 is 1.08. The molecule has 23 heavy (non-hydrogen) atoms. The molecule has 0 radical (unpaired) electrons. The fourth-order valence-corrected chi connectivity index (χ4v) is 3.52. The summed E-state index contributed by atoms with van der Waals surface area (Å²) in [4.78, 5) is 10.0. The Kier molecular flexibility index (Phi) is 3.52. The standard InChI is InChI=1S/C19H15N3S/c1-13-7-9-15(10-8-13)22-19-18-16(20-12-21-19)11-17(23-18)14-5-3-2-4-6-14/h2-12H,1H3,(H,20,21,22). The van der Waals surface area contributed by atoms with Gasteiger partial charge in [0, 0.05) is 10.6 Å². The van der Waals surface area contributed by atoms with Crippen LogP contribution in [0.5, 0.6) is 0 Å². The zero-order chi connectivity index (χ0) is 15.6. The molecule has 0 atom stereocenters. The molecule has 0 saturated carbocycles. The molecule has 0 amide bonds. The van der Waals surface area contributed by atoms with E-state index < -0.39 is 0 Å².